The molecule has 120 valence electrons. The van der Waals surface area contributed by atoms with Gasteiger partial charge < -0.3 is 9.88 Å². The van der Waals surface area contributed by atoms with Crippen molar-refractivity contribution in [1.82, 2.24) is 14.8 Å². The Bertz CT molecular complexity index is 1060. The third-order valence-corrected chi connectivity index (χ3v) is 4.46. The van der Waals surface area contributed by atoms with Gasteiger partial charge in [-0.1, -0.05) is 18.2 Å². The van der Waals surface area contributed by atoms with Crippen molar-refractivity contribution in [2.75, 3.05) is 5.32 Å². The molecule has 0 radical (unpaired) electrons. The Morgan fingerprint density at radius 2 is 2.08 bits per heavy atom. The van der Waals surface area contributed by atoms with Crippen molar-refractivity contribution in [3.05, 3.63) is 59.9 Å². The summed E-state index contributed by atoms with van der Waals surface area (Å²) < 4.78 is 2.06. The summed E-state index contributed by atoms with van der Waals surface area (Å²) in [7, 11) is 0. The fourth-order valence-corrected chi connectivity index (χ4v) is 3.30. The molecule has 4 aromatic rings. The number of H-pyrrole nitrogens is 1. The molecule has 2 heterocycles. The van der Waals surface area contributed by atoms with E-state index >= 15 is 0 Å². The van der Waals surface area contributed by atoms with E-state index in [1.807, 2.05) is 37.3 Å². The van der Waals surface area contributed by atoms with Crippen LogP contribution in [0.3, 0.4) is 0 Å². The highest BCUT2D eigenvalue weighted by Gasteiger charge is 2.19. The summed E-state index contributed by atoms with van der Waals surface area (Å²) in [5.74, 6) is -0.0931. The lowest BCUT2D eigenvalue weighted by Crippen LogP contribution is -2.17. The first-order chi connectivity index (χ1) is 11.7. The average molecular weight is 318 g/mol. The van der Waals surface area contributed by atoms with Crippen LogP contribution >= 0.6 is 0 Å². The quantitative estimate of drug-likeness (QED) is 0.597. The first-order valence-corrected chi connectivity index (χ1v) is 8.01. The molecular formula is C19H18N4O. The molecule has 0 aliphatic carbocycles. The topological polar surface area (TPSA) is 62.7 Å². The maximum absolute atomic E-state index is 12.9. The second-order valence-corrected chi connectivity index (χ2v) is 5.86. The summed E-state index contributed by atoms with van der Waals surface area (Å²) >= 11 is 0. The lowest BCUT2D eigenvalue weighted by Gasteiger charge is -2.10. The van der Waals surface area contributed by atoms with E-state index in [1.165, 1.54) is 0 Å². The SMILES string of the molecule is CCn1c(C(=O)Nc2ccc3cn[nH]c3c2)c(C)c2ccccc21. The van der Waals surface area contributed by atoms with E-state index in [0.29, 0.717) is 5.69 Å². The molecule has 0 fully saturated rings. The number of amides is 1. The smallest absolute Gasteiger partial charge is 0.272 e. The first-order valence-electron chi connectivity index (χ1n) is 8.01. The molecule has 0 spiro atoms. The minimum atomic E-state index is -0.0931. The fraction of sp³-hybridized carbons (Fsp3) is 0.158. The van der Waals surface area contributed by atoms with Crippen LogP contribution in [0, 0.1) is 6.92 Å². The first kappa shape index (κ1) is 14.5. The molecule has 0 aliphatic heterocycles. The van der Waals surface area contributed by atoms with Gasteiger partial charge in [0, 0.05) is 28.5 Å². The van der Waals surface area contributed by atoms with Gasteiger partial charge in [-0.3, -0.25) is 9.89 Å². The Kier molecular flexibility index (Phi) is 3.34. The number of benzene rings is 2. The van der Waals surface area contributed by atoms with E-state index in [4.69, 9.17) is 0 Å². The normalized spacial score (nSPS) is 11.2. The van der Waals surface area contributed by atoms with Crippen LogP contribution in [0.5, 0.6) is 0 Å². The van der Waals surface area contributed by atoms with Crippen molar-refractivity contribution in [3.63, 3.8) is 0 Å². The van der Waals surface area contributed by atoms with Crippen LogP contribution in [0.25, 0.3) is 21.8 Å². The Balaban J connectivity index is 1.76. The maximum atomic E-state index is 12.9. The van der Waals surface area contributed by atoms with Gasteiger partial charge in [0.2, 0.25) is 0 Å². The summed E-state index contributed by atoms with van der Waals surface area (Å²) in [6.07, 6.45) is 1.76. The van der Waals surface area contributed by atoms with Crippen LogP contribution in [0.1, 0.15) is 23.0 Å². The number of aromatic nitrogens is 3. The van der Waals surface area contributed by atoms with Crippen LogP contribution in [0.15, 0.2) is 48.7 Å². The molecule has 2 aromatic carbocycles. The second kappa shape index (κ2) is 5.53. The molecule has 0 bridgehead atoms. The van der Waals surface area contributed by atoms with Crippen molar-refractivity contribution in [1.29, 1.82) is 0 Å². The van der Waals surface area contributed by atoms with Crippen LogP contribution in [0.2, 0.25) is 0 Å². The Hall–Kier alpha value is -3.08. The number of anilines is 1. The highest BCUT2D eigenvalue weighted by molar-refractivity contribution is 6.08. The van der Waals surface area contributed by atoms with Gasteiger partial charge in [0.15, 0.2) is 0 Å². The van der Waals surface area contributed by atoms with Crippen LogP contribution < -0.4 is 5.32 Å². The van der Waals surface area contributed by atoms with Crippen molar-refractivity contribution in [2.45, 2.75) is 20.4 Å². The minimum Gasteiger partial charge on any atom is -0.337 e. The zero-order valence-electron chi connectivity index (χ0n) is 13.6. The van der Waals surface area contributed by atoms with Crippen molar-refractivity contribution in [2.24, 2.45) is 0 Å². The number of fused-ring (bicyclic) bond motifs is 2. The third-order valence-electron chi connectivity index (χ3n) is 4.46. The Morgan fingerprint density at radius 1 is 1.25 bits per heavy atom. The molecule has 5 nitrogen and oxygen atoms in total. The van der Waals surface area contributed by atoms with Gasteiger partial charge >= 0.3 is 0 Å². The van der Waals surface area contributed by atoms with Gasteiger partial charge in [0.05, 0.1) is 11.7 Å². The predicted octanol–water partition coefficient (Wildman–Crippen LogP) is 4.10. The van der Waals surface area contributed by atoms with Crippen molar-refractivity contribution in [3.8, 4) is 0 Å². The number of para-hydroxylation sites is 1. The summed E-state index contributed by atoms with van der Waals surface area (Å²) in [5.41, 5.74) is 4.47. The molecule has 5 heteroatoms. The van der Waals surface area contributed by atoms with Gasteiger partial charge in [0.25, 0.3) is 5.91 Å². The molecule has 1 amide bonds. The van der Waals surface area contributed by atoms with Crippen molar-refractivity contribution >= 4 is 33.4 Å². The zero-order chi connectivity index (χ0) is 16.7. The number of hydrogen-bond donors (Lipinski definition) is 2. The summed E-state index contributed by atoms with van der Waals surface area (Å²) in [5, 5.41) is 12.1. The predicted molar refractivity (Wildman–Crippen MR) is 96.4 cm³/mol. The molecule has 2 N–H and O–H groups in total. The summed E-state index contributed by atoms with van der Waals surface area (Å²) in [6.45, 7) is 4.80. The van der Waals surface area contributed by atoms with E-state index in [0.717, 1.165) is 39.6 Å². The average Bonchev–Trinajstić information content (AvgIpc) is 3.17. The fourth-order valence-electron chi connectivity index (χ4n) is 3.30. The van der Waals surface area contributed by atoms with Crippen LogP contribution in [-0.2, 0) is 6.54 Å². The minimum absolute atomic E-state index is 0.0931. The second-order valence-electron chi connectivity index (χ2n) is 5.86. The number of nitrogens with zero attached hydrogens (tertiary/aromatic N) is 2. The number of rotatable bonds is 3. The van der Waals surface area contributed by atoms with E-state index in [1.54, 1.807) is 6.20 Å². The van der Waals surface area contributed by atoms with Gasteiger partial charge in [-0.05, 0) is 43.7 Å². The van der Waals surface area contributed by atoms with E-state index in [-0.39, 0.29) is 5.91 Å². The molecule has 0 saturated carbocycles. The van der Waals surface area contributed by atoms with Crippen LogP contribution in [-0.4, -0.2) is 20.7 Å². The maximum Gasteiger partial charge on any atom is 0.272 e. The van der Waals surface area contributed by atoms with Crippen molar-refractivity contribution < 1.29 is 4.79 Å². The Morgan fingerprint density at radius 3 is 2.92 bits per heavy atom. The van der Waals surface area contributed by atoms with E-state index in [2.05, 4.69) is 39.1 Å². The van der Waals surface area contributed by atoms with E-state index < -0.39 is 0 Å². The monoisotopic (exact) mass is 318 g/mol. The summed E-state index contributed by atoms with van der Waals surface area (Å²) in [6, 6.07) is 13.9. The van der Waals surface area contributed by atoms with E-state index in [9.17, 15) is 4.79 Å². The lowest BCUT2D eigenvalue weighted by molar-refractivity contribution is 0.101. The number of aromatic amines is 1. The molecule has 24 heavy (non-hydrogen) atoms. The van der Waals surface area contributed by atoms with Gasteiger partial charge in [-0.2, -0.15) is 5.10 Å². The molecule has 4 rings (SSSR count). The van der Waals surface area contributed by atoms with Gasteiger partial charge in [0.1, 0.15) is 5.69 Å². The highest BCUT2D eigenvalue weighted by Crippen LogP contribution is 2.26. The van der Waals surface area contributed by atoms with Crippen LogP contribution in [0.4, 0.5) is 5.69 Å². The molecule has 0 aliphatic rings. The largest absolute Gasteiger partial charge is 0.337 e. The standard InChI is InChI=1S/C19H18N4O/c1-3-23-17-7-5-4-6-15(17)12(2)18(23)19(24)21-14-9-8-13-11-20-22-16(13)10-14/h4-11H,3H2,1-2H3,(H,20,22)(H,21,24). The molecular weight excluding hydrogens is 300 g/mol. The Labute approximate surface area is 139 Å². The number of hydrogen-bond acceptors (Lipinski definition) is 2. The number of aryl methyl sites for hydroxylation is 2. The molecule has 0 unspecified atom stereocenters. The molecule has 0 atom stereocenters. The highest BCUT2D eigenvalue weighted by atomic mass is 16.2. The number of nitrogens with one attached hydrogen (secondary N) is 2. The number of carbonyl (C=O) groups excluding carboxylic acids is 1. The summed E-state index contributed by atoms with van der Waals surface area (Å²) in [4.78, 5) is 12.9. The lowest BCUT2D eigenvalue weighted by atomic mass is 10.1. The third kappa shape index (κ3) is 2.17. The number of carbonyl (C=O) groups is 1. The molecule has 0 saturated heterocycles. The molecule has 2 aromatic heterocycles. The zero-order valence-corrected chi connectivity index (χ0v) is 13.6. The van der Waals surface area contributed by atoms with Gasteiger partial charge in [-0.25, -0.2) is 0 Å². The van der Waals surface area contributed by atoms with Gasteiger partial charge in [-0.15, -0.1) is 0 Å².